The van der Waals surface area contributed by atoms with Crippen LogP contribution in [-0.2, 0) is 16.1 Å². The first-order chi connectivity index (χ1) is 13.3. The van der Waals surface area contributed by atoms with Gasteiger partial charge in [-0.05, 0) is 28.7 Å². The lowest BCUT2D eigenvalue weighted by molar-refractivity contribution is -0.130. The molecule has 1 atom stereocenters. The zero-order valence-electron chi connectivity index (χ0n) is 16.7. The van der Waals surface area contributed by atoms with Crippen molar-refractivity contribution in [3.05, 3.63) is 76.8 Å². The molecule has 0 bridgehead atoms. The summed E-state index contributed by atoms with van der Waals surface area (Å²) in [6, 6.07) is 11.0. The lowest BCUT2D eigenvalue weighted by Crippen LogP contribution is -2.31. The van der Waals surface area contributed by atoms with E-state index in [-0.39, 0.29) is 23.8 Å². The van der Waals surface area contributed by atoms with Gasteiger partial charge in [0.05, 0.1) is 11.6 Å². The zero-order chi connectivity index (χ0) is 20.4. The molecule has 1 aromatic heterocycles. The van der Waals surface area contributed by atoms with Crippen LogP contribution in [0.3, 0.4) is 0 Å². The Morgan fingerprint density at radius 3 is 2.36 bits per heavy atom. The topological polar surface area (TPSA) is 70.5 Å². The van der Waals surface area contributed by atoms with Gasteiger partial charge in [0, 0.05) is 24.9 Å². The molecule has 1 aliphatic heterocycles. The highest BCUT2D eigenvalue weighted by molar-refractivity contribution is 6.09. The minimum absolute atomic E-state index is 0.182. The van der Waals surface area contributed by atoms with Crippen LogP contribution in [-0.4, -0.2) is 26.7 Å². The standard InChI is InChI=1S/C23H26N2O3/c1-14(2)17-7-9-18(10-8-17)20-19(21(26)15(3)4)22(27)23(28)25(20)13-16-6-5-11-24-12-16/h5-12,14-15,20,27H,13H2,1-4H3. The second-order valence-electron chi connectivity index (χ2n) is 7.80. The molecule has 28 heavy (non-hydrogen) atoms. The van der Waals surface area contributed by atoms with E-state index in [1.165, 1.54) is 5.56 Å². The molecule has 0 saturated heterocycles. The number of hydrogen-bond acceptors (Lipinski definition) is 4. The SMILES string of the molecule is CC(C)C(=O)C1=C(O)C(=O)N(Cc2cccnc2)C1c1ccc(C(C)C)cc1. The molecule has 1 amide bonds. The van der Waals surface area contributed by atoms with Gasteiger partial charge in [0.1, 0.15) is 0 Å². The lowest BCUT2D eigenvalue weighted by atomic mass is 9.90. The molecule has 2 aromatic rings. The van der Waals surface area contributed by atoms with Gasteiger partial charge in [0.25, 0.3) is 5.91 Å². The van der Waals surface area contributed by atoms with Crippen LogP contribution in [0.15, 0.2) is 60.1 Å². The van der Waals surface area contributed by atoms with Gasteiger partial charge in [-0.1, -0.05) is 58.0 Å². The number of amides is 1. The van der Waals surface area contributed by atoms with Crippen LogP contribution in [0.25, 0.3) is 0 Å². The van der Waals surface area contributed by atoms with Crippen molar-refractivity contribution in [1.82, 2.24) is 9.88 Å². The summed E-state index contributed by atoms with van der Waals surface area (Å²) in [7, 11) is 0. The number of nitrogens with zero attached hydrogens (tertiary/aromatic N) is 2. The maximum Gasteiger partial charge on any atom is 0.290 e. The number of rotatable bonds is 6. The third-order valence-corrected chi connectivity index (χ3v) is 5.09. The number of aromatic nitrogens is 1. The molecule has 0 saturated carbocycles. The Kier molecular flexibility index (Phi) is 5.63. The Morgan fingerprint density at radius 2 is 1.82 bits per heavy atom. The van der Waals surface area contributed by atoms with Crippen LogP contribution >= 0.6 is 0 Å². The van der Waals surface area contributed by atoms with Crippen LogP contribution in [0, 0.1) is 5.92 Å². The Morgan fingerprint density at radius 1 is 1.14 bits per heavy atom. The molecule has 0 aliphatic carbocycles. The Hall–Kier alpha value is -2.95. The van der Waals surface area contributed by atoms with Crippen molar-refractivity contribution in [1.29, 1.82) is 0 Å². The summed E-state index contributed by atoms with van der Waals surface area (Å²) in [5.74, 6) is -1.11. The summed E-state index contributed by atoms with van der Waals surface area (Å²) in [6.45, 7) is 8.04. The first-order valence-corrected chi connectivity index (χ1v) is 9.58. The van der Waals surface area contributed by atoms with E-state index in [2.05, 4.69) is 18.8 Å². The van der Waals surface area contributed by atoms with Crippen LogP contribution < -0.4 is 0 Å². The van der Waals surface area contributed by atoms with Gasteiger partial charge in [0.15, 0.2) is 11.5 Å². The molecular formula is C23H26N2O3. The van der Waals surface area contributed by atoms with Gasteiger partial charge in [-0.2, -0.15) is 0 Å². The normalized spacial score (nSPS) is 17.1. The number of Topliss-reactive ketones (excluding diaryl/α,β-unsaturated/α-hetero) is 1. The number of aliphatic hydroxyl groups is 1. The molecule has 1 aromatic carbocycles. The first kappa shape index (κ1) is 19.8. The molecule has 5 heteroatoms. The fourth-order valence-electron chi connectivity index (χ4n) is 3.48. The van der Waals surface area contributed by atoms with E-state index in [1.54, 1.807) is 37.2 Å². The van der Waals surface area contributed by atoms with Crippen LogP contribution in [0.2, 0.25) is 0 Å². The summed E-state index contributed by atoms with van der Waals surface area (Å²) in [6.07, 6.45) is 3.35. The van der Waals surface area contributed by atoms with Crippen molar-refractivity contribution < 1.29 is 14.7 Å². The lowest BCUT2D eigenvalue weighted by Gasteiger charge is -2.27. The van der Waals surface area contributed by atoms with Crippen molar-refractivity contribution in [2.24, 2.45) is 5.92 Å². The quantitative estimate of drug-likeness (QED) is 0.812. The summed E-state index contributed by atoms with van der Waals surface area (Å²) < 4.78 is 0. The third-order valence-electron chi connectivity index (χ3n) is 5.09. The van der Waals surface area contributed by atoms with E-state index in [0.717, 1.165) is 11.1 Å². The van der Waals surface area contributed by atoms with E-state index in [0.29, 0.717) is 5.92 Å². The zero-order valence-corrected chi connectivity index (χ0v) is 16.7. The average Bonchev–Trinajstić information content (AvgIpc) is 2.93. The fourth-order valence-corrected chi connectivity index (χ4v) is 3.48. The van der Waals surface area contributed by atoms with E-state index >= 15 is 0 Å². The number of ketones is 1. The predicted octanol–water partition coefficient (Wildman–Crippen LogP) is 4.33. The molecule has 5 nitrogen and oxygen atoms in total. The summed E-state index contributed by atoms with van der Waals surface area (Å²) in [4.78, 5) is 31.3. The third kappa shape index (κ3) is 3.70. The molecule has 0 radical (unpaired) electrons. The summed E-state index contributed by atoms with van der Waals surface area (Å²) >= 11 is 0. The van der Waals surface area contributed by atoms with Gasteiger partial charge in [0.2, 0.25) is 0 Å². The fraction of sp³-hybridized carbons (Fsp3) is 0.348. The van der Waals surface area contributed by atoms with Gasteiger partial charge in [-0.3, -0.25) is 14.6 Å². The minimum Gasteiger partial charge on any atom is -0.503 e. The Labute approximate surface area is 165 Å². The van der Waals surface area contributed by atoms with E-state index in [4.69, 9.17) is 0 Å². The highest BCUT2D eigenvalue weighted by Crippen LogP contribution is 2.40. The van der Waals surface area contributed by atoms with Gasteiger partial charge >= 0.3 is 0 Å². The maximum atomic E-state index is 12.9. The van der Waals surface area contributed by atoms with E-state index in [1.807, 2.05) is 30.3 Å². The van der Waals surface area contributed by atoms with Gasteiger partial charge in [-0.25, -0.2) is 0 Å². The smallest absolute Gasteiger partial charge is 0.290 e. The molecule has 0 fully saturated rings. The van der Waals surface area contributed by atoms with Crippen molar-refractivity contribution >= 4 is 11.7 Å². The maximum absolute atomic E-state index is 12.9. The number of pyridine rings is 1. The molecule has 1 aliphatic rings. The number of aliphatic hydroxyl groups excluding tert-OH is 1. The van der Waals surface area contributed by atoms with Crippen molar-refractivity contribution in [2.45, 2.75) is 46.2 Å². The Balaban J connectivity index is 2.06. The Bertz CT molecular complexity index is 899. The van der Waals surface area contributed by atoms with E-state index < -0.39 is 17.7 Å². The molecule has 1 N–H and O–H groups in total. The van der Waals surface area contributed by atoms with E-state index in [9.17, 15) is 14.7 Å². The summed E-state index contributed by atoms with van der Waals surface area (Å²) in [5, 5.41) is 10.6. The highest BCUT2D eigenvalue weighted by Gasteiger charge is 2.43. The van der Waals surface area contributed by atoms with Gasteiger partial charge < -0.3 is 10.0 Å². The molecule has 0 spiro atoms. The first-order valence-electron chi connectivity index (χ1n) is 9.58. The molecular weight excluding hydrogens is 352 g/mol. The minimum atomic E-state index is -0.608. The average molecular weight is 378 g/mol. The predicted molar refractivity (Wildman–Crippen MR) is 108 cm³/mol. The number of benzene rings is 1. The highest BCUT2D eigenvalue weighted by atomic mass is 16.3. The van der Waals surface area contributed by atoms with Crippen LogP contribution in [0.4, 0.5) is 0 Å². The largest absolute Gasteiger partial charge is 0.503 e. The van der Waals surface area contributed by atoms with Crippen molar-refractivity contribution in [3.8, 4) is 0 Å². The monoisotopic (exact) mass is 378 g/mol. The number of carbonyl (C=O) groups excluding carboxylic acids is 2. The van der Waals surface area contributed by atoms with Crippen LogP contribution in [0.5, 0.6) is 0 Å². The second-order valence-corrected chi connectivity index (χ2v) is 7.80. The summed E-state index contributed by atoms with van der Waals surface area (Å²) in [5.41, 5.74) is 3.01. The molecule has 3 rings (SSSR count). The second kappa shape index (κ2) is 7.97. The van der Waals surface area contributed by atoms with Crippen LogP contribution in [0.1, 0.15) is 56.3 Å². The van der Waals surface area contributed by atoms with Gasteiger partial charge in [-0.15, -0.1) is 0 Å². The molecule has 1 unspecified atom stereocenters. The molecule has 146 valence electrons. The van der Waals surface area contributed by atoms with Crippen molar-refractivity contribution in [3.63, 3.8) is 0 Å². The molecule has 2 heterocycles. The number of carbonyl (C=O) groups is 2. The van der Waals surface area contributed by atoms with Crippen molar-refractivity contribution in [2.75, 3.05) is 0 Å². The number of hydrogen-bond donors (Lipinski definition) is 1.